The van der Waals surface area contributed by atoms with Crippen molar-refractivity contribution in [2.24, 2.45) is 0 Å². The summed E-state index contributed by atoms with van der Waals surface area (Å²) in [4.78, 5) is 1.21. The molecular weight excluding hydrogens is 269 g/mol. The molecule has 1 atom stereocenters. The van der Waals surface area contributed by atoms with Gasteiger partial charge >= 0.3 is 0 Å². The lowest BCUT2D eigenvalue weighted by atomic mass is 10.0. The fourth-order valence-electron chi connectivity index (χ4n) is 2.41. The van der Waals surface area contributed by atoms with Crippen LogP contribution in [-0.4, -0.2) is 7.05 Å². The standard InChI is InChI=1S/C17H16FNS/c1-11-7-8-13(9-14(11)18)17(19-2)16-10-12-5-3-4-6-15(12)20-16/h3-10,17,19H,1-2H3. The van der Waals surface area contributed by atoms with Gasteiger partial charge in [-0.15, -0.1) is 11.3 Å². The zero-order valence-corrected chi connectivity index (χ0v) is 12.3. The summed E-state index contributed by atoms with van der Waals surface area (Å²) in [5.74, 6) is -0.149. The Kier molecular flexibility index (Phi) is 3.55. The van der Waals surface area contributed by atoms with Gasteiger partial charge in [-0.25, -0.2) is 4.39 Å². The normalized spacial score (nSPS) is 12.8. The number of fused-ring (bicyclic) bond motifs is 1. The second-order valence-electron chi connectivity index (χ2n) is 4.92. The summed E-state index contributed by atoms with van der Waals surface area (Å²) in [5, 5.41) is 4.52. The number of rotatable bonds is 3. The molecule has 0 spiro atoms. The van der Waals surface area contributed by atoms with Gasteiger partial charge in [0, 0.05) is 9.58 Å². The average molecular weight is 285 g/mol. The van der Waals surface area contributed by atoms with E-state index in [9.17, 15) is 4.39 Å². The average Bonchev–Trinajstić information content (AvgIpc) is 2.87. The molecule has 20 heavy (non-hydrogen) atoms. The number of hydrogen-bond donors (Lipinski definition) is 1. The van der Waals surface area contributed by atoms with Crippen molar-refractivity contribution in [2.75, 3.05) is 7.05 Å². The lowest BCUT2D eigenvalue weighted by Crippen LogP contribution is -2.16. The molecule has 1 N–H and O–H groups in total. The second kappa shape index (κ2) is 5.35. The molecule has 102 valence electrons. The highest BCUT2D eigenvalue weighted by molar-refractivity contribution is 7.19. The van der Waals surface area contributed by atoms with Gasteiger partial charge in [0.1, 0.15) is 5.82 Å². The monoisotopic (exact) mass is 285 g/mol. The van der Waals surface area contributed by atoms with Crippen LogP contribution in [-0.2, 0) is 0 Å². The molecule has 1 unspecified atom stereocenters. The number of benzene rings is 2. The van der Waals surface area contributed by atoms with Crippen molar-refractivity contribution in [2.45, 2.75) is 13.0 Å². The Morgan fingerprint density at radius 1 is 1.10 bits per heavy atom. The molecule has 1 heterocycles. The summed E-state index contributed by atoms with van der Waals surface area (Å²) in [6.07, 6.45) is 0. The van der Waals surface area contributed by atoms with E-state index in [4.69, 9.17) is 0 Å². The third kappa shape index (κ3) is 2.35. The Morgan fingerprint density at radius 2 is 1.90 bits per heavy atom. The molecule has 0 bridgehead atoms. The smallest absolute Gasteiger partial charge is 0.126 e. The molecule has 3 aromatic rings. The van der Waals surface area contributed by atoms with Crippen LogP contribution in [0.3, 0.4) is 0 Å². The van der Waals surface area contributed by atoms with Crippen molar-refractivity contribution >= 4 is 21.4 Å². The maximum Gasteiger partial charge on any atom is 0.126 e. The molecular formula is C17H16FNS. The fourth-order valence-corrected chi connectivity index (χ4v) is 3.61. The summed E-state index contributed by atoms with van der Waals surface area (Å²) in [7, 11) is 1.91. The third-order valence-corrected chi connectivity index (χ3v) is 4.73. The van der Waals surface area contributed by atoms with Crippen LogP contribution in [0.5, 0.6) is 0 Å². The van der Waals surface area contributed by atoms with Crippen molar-refractivity contribution in [3.8, 4) is 0 Å². The minimum Gasteiger partial charge on any atom is -0.309 e. The van der Waals surface area contributed by atoms with Crippen LogP contribution in [0, 0.1) is 12.7 Å². The number of hydrogen-bond acceptors (Lipinski definition) is 2. The van der Waals surface area contributed by atoms with E-state index >= 15 is 0 Å². The van der Waals surface area contributed by atoms with Gasteiger partial charge in [0.05, 0.1) is 6.04 Å². The quantitative estimate of drug-likeness (QED) is 0.738. The first kappa shape index (κ1) is 13.3. The van der Waals surface area contributed by atoms with Gasteiger partial charge < -0.3 is 5.32 Å². The van der Waals surface area contributed by atoms with E-state index in [0.717, 1.165) is 5.56 Å². The molecule has 0 radical (unpaired) electrons. The topological polar surface area (TPSA) is 12.0 Å². The minimum absolute atomic E-state index is 0.0301. The molecule has 3 heteroatoms. The summed E-state index contributed by atoms with van der Waals surface area (Å²) >= 11 is 1.75. The minimum atomic E-state index is -0.149. The molecule has 3 rings (SSSR count). The van der Waals surface area contributed by atoms with Gasteiger partial charge in [0.2, 0.25) is 0 Å². The van der Waals surface area contributed by atoms with Crippen molar-refractivity contribution in [3.05, 3.63) is 70.4 Å². The molecule has 0 aliphatic heterocycles. The van der Waals surface area contributed by atoms with Gasteiger partial charge in [-0.05, 0) is 48.7 Å². The predicted molar refractivity (Wildman–Crippen MR) is 83.9 cm³/mol. The zero-order chi connectivity index (χ0) is 14.1. The lowest BCUT2D eigenvalue weighted by Gasteiger charge is -2.15. The molecule has 1 aromatic heterocycles. The molecule has 0 saturated heterocycles. The van der Waals surface area contributed by atoms with Crippen LogP contribution in [0.25, 0.3) is 10.1 Å². The van der Waals surface area contributed by atoms with Crippen LogP contribution >= 0.6 is 11.3 Å². The van der Waals surface area contributed by atoms with Crippen LogP contribution in [0.1, 0.15) is 22.0 Å². The molecule has 0 fully saturated rings. The number of aryl methyl sites for hydroxylation is 1. The van der Waals surface area contributed by atoms with Gasteiger partial charge in [-0.1, -0.05) is 30.3 Å². The van der Waals surface area contributed by atoms with E-state index in [1.165, 1.54) is 15.0 Å². The van der Waals surface area contributed by atoms with Crippen LogP contribution in [0.15, 0.2) is 48.5 Å². The maximum absolute atomic E-state index is 13.8. The summed E-state index contributed by atoms with van der Waals surface area (Å²) < 4.78 is 15.0. The molecule has 0 aliphatic carbocycles. The molecule has 0 amide bonds. The van der Waals surface area contributed by atoms with Crippen molar-refractivity contribution in [1.82, 2.24) is 5.32 Å². The molecule has 2 aromatic carbocycles. The first-order chi connectivity index (χ1) is 9.69. The molecule has 1 nitrogen and oxygen atoms in total. The number of thiophene rings is 1. The zero-order valence-electron chi connectivity index (χ0n) is 11.5. The van der Waals surface area contributed by atoms with Crippen molar-refractivity contribution in [1.29, 1.82) is 0 Å². The fraction of sp³-hybridized carbons (Fsp3) is 0.176. The van der Waals surface area contributed by atoms with E-state index in [-0.39, 0.29) is 11.9 Å². The van der Waals surface area contributed by atoms with E-state index in [1.807, 2.05) is 31.3 Å². The van der Waals surface area contributed by atoms with E-state index in [1.54, 1.807) is 24.3 Å². The highest BCUT2D eigenvalue weighted by Crippen LogP contribution is 2.33. The summed E-state index contributed by atoms with van der Waals surface area (Å²) in [6.45, 7) is 1.78. The Bertz CT molecular complexity index is 715. The maximum atomic E-state index is 13.8. The largest absolute Gasteiger partial charge is 0.309 e. The Labute approximate surface area is 122 Å². The summed E-state index contributed by atoms with van der Waals surface area (Å²) in [6, 6.07) is 16.0. The van der Waals surface area contributed by atoms with E-state index < -0.39 is 0 Å². The van der Waals surface area contributed by atoms with Crippen molar-refractivity contribution < 1.29 is 4.39 Å². The van der Waals surface area contributed by atoms with E-state index in [0.29, 0.717) is 5.56 Å². The van der Waals surface area contributed by atoms with Crippen molar-refractivity contribution in [3.63, 3.8) is 0 Å². The SMILES string of the molecule is CNC(c1ccc(C)c(F)c1)c1cc2ccccc2s1. The number of halogens is 1. The number of nitrogens with one attached hydrogen (secondary N) is 1. The van der Waals surface area contributed by atoms with Crippen LogP contribution < -0.4 is 5.32 Å². The van der Waals surface area contributed by atoms with Gasteiger partial charge in [-0.2, -0.15) is 0 Å². The Hall–Kier alpha value is -1.71. The Morgan fingerprint density at radius 3 is 2.60 bits per heavy atom. The Balaban J connectivity index is 2.06. The van der Waals surface area contributed by atoms with Gasteiger partial charge in [0.25, 0.3) is 0 Å². The molecule has 0 aliphatic rings. The highest BCUT2D eigenvalue weighted by atomic mass is 32.1. The summed E-state index contributed by atoms with van der Waals surface area (Å²) in [5.41, 5.74) is 1.64. The molecule has 0 saturated carbocycles. The highest BCUT2D eigenvalue weighted by Gasteiger charge is 2.16. The van der Waals surface area contributed by atoms with Gasteiger partial charge in [-0.3, -0.25) is 0 Å². The van der Waals surface area contributed by atoms with Gasteiger partial charge in [0.15, 0.2) is 0 Å². The third-order valence-electron chi connectivity index (χ3n) is 3.55. The van der Waals surface area contributed by atoms with Crippen LogP contribution in [0.4, 0.5) is 4.39 Å². The second-order valence-corrected chi connectivity index (χ2v) is 6.03. The van der Waals surface area contributed by atoms with E-state index in [2.05, 4.69) is 23.5 Å². The first-order valence-electron chi connectivity index (χ1n) is 6.61. The predicted octanol–water partition coefficient (Wildman–Crippen LogP) is 4.66. The first-order valence-corrected chi connectivity index (χ1v) is 7.42. The lowest BCUT2D eigenvalue weighted by molar-refractivity contribution is 0.609. The van der Waals surface area contributed by atoms with Crippen LogP contribution in [0.2, 0.25) is 0 Å².